The Morgan fingerprint density at radius 1 is 1.35 bits per heavy atom. The number of aryl methyl sites for hydroxylation is 1. The molecule has 94 valence electrons. The highest BCUT2D eigenvalue weighted by Crippen LogP contribution is 2.23. The highest BCUT2D eigenvalue weighted by molar-refractivity contribution is 6.01. The summed E-state index contributed by atoms with van der Waals surface area (Å²) in [5.74, 6) is 0.757. The van der Waals surface area contributed by atoms with Crippen LogP contribution in [-0.2, 0) is 0 Å². The van der Waals surface area contributed by atoms with Crippen molar-refractivity contribution in [1.29, 1.82) is 5.41 Å². The third kappa shape index (κ3) is 2.54. The molecule has 1 aromatic rings. The summed E-state index contributed by atoms with van der Waals surface area (Å²) in [4.78, 5) is 2.09. The maximum atomic E-state index is 7.71. The van der Waals surface area contributed by atoms with Crippen LogP contribution < -0.4 is 10.6 Å². The number of anilines is 1. The highest BCUT2D eigenvalue weighted by Gasteiger charge is 2.19. The fourth-order valence-corrected chi connectivity index (χ4v) is 1.88. The Kier molecular flexibility index (Phi) is 4.04. The second-order valence-corrected chi connectivity index (χ2v) is 4.40. The lowest BCUT2D eigenvalue weighted by Gasteiger charge is -2.28. The van der Waals surface area contributed by atoms with E-state index in [0.717, 1.165) is 17.8 Å². The summed E-state index contributed by atoms with van der Waals surface area (Å²) >= 11 is 0. The Labute approximate surface area is 103 Å². The summed E-state index contributed by atoms with van der Waals surface area (Å²) in [7, 11) is 0. The molecule has 0 aliphatic carbocycles. The Morgan fingerprint density at radius 3 is 2.35 bits per heavy atom. The van der Waals surface area contributed by atoms with Crippen molar-refractivity contribution >= 4 is 11.7 Å². The minimum absolute atomic E-state index is 0.0506. The van der Waals surface area contributed by atoms with Crippen molar-refractivity contribution in [2.75, 3.05) is 11.4 Å². The van der Waals surface area contributed by atoms with E-state index in [1.807, 2.05) is 13.8 Å². The molecule has 5 heteroatoms. The maximum absolute atomic E-state index is 7.71. The normalized spacial score (nSPS) is 10.7. The lowest BCUT2D eigenvalue weighted by Crippen LogP contribution is -2.34. The monoisotopic (exact) mass is 235 g/mol. The molecule has 0 aromatic carbocycles. The summed E-state index contributed by atoms with van der Waals surface area (Å²) in [6.07, 6.45) is 0. The van der Waals surface area contributed by atoms with Gasteiger partial charge >= 0.3 is 0 Å². The van der Waals surface area contributed by atoms with Gasteiger partial charge in [-0.15, -0.1) is 5.10 Å². The van der Waals surface area contributed by atoms with Gasteiger partial charge in [-0.2, -0.15) is 5.10 Å². The van der Waals surface area contributed by atoms with Crippen molar-refractivity contribution < 1.29 is 0 Å². The minimum atomic E-state index is 0.0506. The van der Waals surface area contributed by atoms with Crippen LogP contribution in [0.3, 0.4) is 0 Å². The van der Waals surface area contributed by atoms with E-state index < -0.39 is 0 Å². The molecule has 0 saturated carbocycles. The molecule has 0 radical (unpaired) electrons. The minimum Gasteiger partial charge on any atom is -0.384 e. The van der Waals surface area contributed by atoms with Crippen molar-refractivity contribution in [3.05, 3.63) is 16.8 Å². The first kappa shape index (κ1) is 13.4. The first-order valence-corrected chi connectivity index (χ1v) is 5.85. The number of rotatable bonds is 4. The third-order valence-electron chi connectivity index (χ3n) is 2.94. The number of nitrogen functional groups attached to an aromatic ring is 1. The zero-order chi connectivity index (χ0) is 13.2. The molecule has 0 amide bonds. The van der Waals surface area contributed by atoms with Gasteiger partial charge in [0.25, 0.3) is 0 Å². The highest BCUT2D eigenvalue weighted by atomic mass is 15.3. The van der Waals surface area contributed by atoms with Gasteiger partial charge in [-0.3, -0.25) is 5.41 Å². The van der Waals surface area contributed by atoms with Gasteiger partial charge in [0.05, 0.1) is 11.3 Å². The van der Waals surface area contributed by atoms with E-state index in [1.54, 1.807) is 0 Å². The molecule has 1 rings (SSSR count). The van der Waals surface area contributed by atoms with Gasteiger partial charge in [-0.25, -0.2) is 0 Å². The van der Waals surface area contributed by atoms with Crippen molar-refractivity contribution in [2.45, 2.75) is 40.7 Å². The number of aromatic nitrogens is 2. The topological polar surface area (TPSA) is 78.9 Å². The average Bonchev–Trinajstić information content (AvgIpc) is 2.23. The van der Waals surface area contributed by atoms with E-state index >= 15 is 0 Å². The predicted octanol–water partition coefficient (Wildman–Crippen LogP) is 1.61. The molecule has 17 heavy (non-hydrogen) atoms. The van der Waals surface area contributed by atoms with Crippen molar-refractivity contribution in [3.63, 3.8) is 0 Å². The van der Waals surface area contributed by atoms with Crippen molar-refractivity contribution in [3.8, 4) is 0 Å². The predicted molar refractivity (Wildman–Crippen MR) is 70.7 cm³/mol. The summed E-state index contributed by atoms with van der Waals surface area (Å²) in [5.41, 5.74) is 8.12. The van der Waals surface area contributed by atoms with E-state index in [0.29, 0.717) is 17.4 Å². The molecule has 0 aliphatic rings. The second-order valence-electron chi connectivity index (χ2n) is 4.40. The summed E-state index contributed by atoms with van der Waals surface area (Å²) in [5, 5.41) is 16.0. The molecule has 5 nitrogen and oxygen atoms in total. The van der Waals surface area contributed by atoms with Crippen LogP contribution in [0.15, 0.2) is 0 Å². The van der Waals surface area contributed by atoms with Crippen LogP contribution in [0, 0.1) is 19.3 Å². The molecular formula is C12H21N5. The smallest absolute Gasteiger partial charge is 0.162 e. The van der Waals surface area contributed by atoms with Crippen LogP contribution in [0.5, 0.6) is 0 Å². The number of nitrogens with one attached hydrogen (secondary N) is 1. The van der Waals surface area contributed by atoms with Gasteiger partial charge in [-0.1, -0.05) is 0 Å². The largest absolute Gasteiger partial charge is 0.384 e. The number of hydrogen-bond donors (Lipinski definition) is 2. The first-order chi connectivity index (χ1) is 7.90. The van der Waals surface area contributed by atoms with Gasteiger partial charge in [-0.05, 0) is 40.2 Å². The van der Waals surface area contributed by atoms with Gasteiger partial charge in [0.15, 0.2) is 5.82 Å². The van der Waals surface area contributed by atoms with E-state index in [-0.39, 0.29) is 5.84 Å². The zero-order valence-electron chi connectivity index (χ0n) is 11.2. The molecule has 3 N–H and O–H groups in total. The lowest BCUT2D eigenvalue weighted by atomic mass is 10.1. The van der Waals surface area contributed by atoms with Crippen LogP contribution in [0.2, 0.25) is 0 Å². The van der Waals surface area contributed by atoms with Crippen LogP contribution >= 0.6 is 0 Å². The Hall–Kier alpha value is -1.65. The third-order valence-corrected chi connectivity index (χ3v) is 2.94. The maximum Gasteiger partial charge on any atom is 0.162 e. The Morgan fingerprint density at radius 2 is 1.94 bits per heavy atom. The van der Waals surface area contributed by atoms with E-state index in [2.05, 4.69) is 35.9 Å². The van der Waals surface area contributed by atoms with E-state index in [1.165, 1.54) is 0 Å². The molecule has 0 unspecified atom stereocenters. The van der Waals surface area contributed by atoms with Crippen LogP contribution in [-0.4, -0.2) is 28.6 Å². The quantitative estimate of drug-likeness (QED) is 0.614. The van der Waals surface area contributed by atoms with Crippen LogP contribution in [0.4, 0.5) is 5.82 Å². The lowest BCUT2D eigenvalue weighted by molar-refractivity contribution is 0.683. The fraction of sp³-hybridized carbons (Fsp3) is 0.583. The first-order valence-electron chi connectivity index (χ1n) is 5.85. The molecule has 0 aliphatic heterocycles. The van der Waals surface area contributed by atoms with Crippen LogP contribution in [0.1, 0.15) is 37.6 Å². The van der Waals surface area contributed by atoms with Crippen molar-refractivity contribution in [2.24, 2.45) is 5.73 Å². The van der Waals surface area contributed by atoms with Gasteiger partial charge in [0.2, 0.25) is 0 Å². The molecule has 0 bridgehead atoms. The number of hydrogen-bond acceptors (Lipinski definition) is 4. The number of amidine groups is 1. The van der Waals surface area contributed by atoms with Crippen molar-refractivity contribution in [1.82, 2.24) is 10.2 Å². The van der Waals surface area contributed by atoms with Gasteiger partial charge in [0.1, 0.15) is 5.84 Å². The van der Waals surface area contributed by atoms with Crippen LogP contribution in [0.25, 0.3) is 0 Å². The summed E-state index contributed by atoms with van der Waals surface area (Å²) in [6, 6.07) is 0.300. The zero-order valence-corrected chi connectivity index (χ0v) is 11.2. The molecule has 1 aromatic heterocycles. The number of nitrogens with zero attached hydrogens (tertiary/aromatic N) is 3. The molecule has 0 fully saturated rings. The summed E-state index contributed by atoms with van der Waals surface area (Å²) < 4.78 is 0. The Bertz CT molecular complexity index is 425. The van der Waals surface area contributed by atoms with Gasteiger partial charge in [0, 0.05) is 12.6 Å². The average molecular weight is 235 g/mol. The molecule has 0 atom stereocenters. The molecule has 0 spiro atoms. The fourth-order valence-electron chi connectivity index (χ4n) is 1.88. The molecular weight excluding hydrogens is 214 g/mol. The standard InChI is InChI=1S/C12H21N5/c1-6-17(7(2)3)12-10(11(13)14)8(4)9(5)15-16-12/h7H,6H2,1-5H3,(H3,13,14). The van der Waals surface area contributed by atoms with E-state index in [4.69, 9.17) is 11.1 Å². The SMILES string of the molecule is CCN(c1nnc(C)c(C)c1C(=N)N)C(C)C. The van der Waals surface area contributed by atoms with Gasteiger partial charge < -0.3 is 10.6 Å². The van der Waals surface area contributed by atoms with E-state index in [9.17, 15) is 0 Å². The summed E-state index contributed by atoms with van der Waals surface area (Å²) in [6.45, 7) is 10.9. The second kappa shape index (κ2) is 5.12. The number of nitrogens with two attached hydrogens (primary N) is 1. The Balaban J connectivity index is 3.42. The molecule has 1 heterocycles. The molecule has 0 saturated heterocycles.